The fourth-order valence-electron chi connectivity index (χ4n) is 3.37. The highest BCUT2D eigenvalue weighted by Crippen LogP contribution is 2.34. The van der Waals surface area contributed by atoms with E-state index < -0.39 is 0 Å². The number of benzene rings is 1. The number of imidazole rings is 1. The van der Waals surface area contributed by atoms with Crippen LogP contribution in [0.2, 0.25) is 5.15 Å². The van der Waals surface area contributed by atoms with Crippen LogP contribution in [0.25, 0.3) is 16.7 Å². The van der Waals surface area contributed by atoms with Gasteiger partial charge in [0.25, 0.3) is 0 Å². The third kappa shape index (κ3) is 1.76. The van der Waals surface area contributed by atoms with Crippen molar-refractivity contribution in [2.24, 2.45) is 0 Å². The molecule has 0 N–H and O–H groups in total. The van der Waals surface area contributed by atoms with Crippen molar-refractivity contribution >= 4 is 28.3 Å². The number of aromatic nitrogens is 2. The largest absolute Gasteiger partial charge is 0.281 e. The van der Waals surface area contributed by atoms with Crippen molar-refractivity contribution in [2.45, 2.75) is 32.1 Å². The van der Waals surface area contributed by atoms with Gasteiger partial charge in [-0.1, -0.05) is 30.2 Å². The van der Waals surface area contributed by atoms with Gasteiger partial charge in [0.05, 0.1) is 16.6 Å². The van der Waals surface area contributed by atoms with Crippen LogP contribution in [-0.2, 0) is 12.8 Å². The standard InChI is InChI=1S/C17H14ClN3/c18-16-12-7-3-1-2-6-11(12)13(10-19)17-20-14-8-4-5-9-15(14)21(16)17/h4-5,8-9H,1-3,6-7H2. The molecule has 0 spiro atoms. The minimum Gasteiger partial charge on any atom is -0.281 e. The summed E-state index contributed by atoms with van der Waals surface area (Å²) in [5.41, 5.74) is 5.51. The summed E-state index contributed by atoms with van der Waals surface area (Å²) in [6.07, 6.45) is 5.33. The van der Waals surface area contributed by atoms with E-state index in [0.717, 1.165) is 53.0 Å². The zero-order valence-electron chi connectivity index (χ0n) is 11.6. The second-order valence-electron chi connectivity index (χ2n) is 5.55. The maximum absolute atomic E-state index is 9.65. The highest BCUT2D eigenvalue weighted by Gasteiger charge is 2.22. The first-order valence-corrected chi connectivity index (χ1v) is 7.69. The Balaban J connectivity index is 2.22. The molecule has 0 saturated heterocycles. The lowest BCUT2D eigenvalue weighted by atomic mass is 10.00. The molecule has 0 atom stereocenters. The number of nitriles is 1. The number of halogens is 1. The average molecular weight is 296 g/mol. The predicted octanol–water partition coefficient (Wildman–Crippen LogP) is 4.28. The van der Waals surface area contributed by atoms with E-state index in [1.165, 1.54) is 6.42 Å². The molecule has 104 valence electrons. The Hall–Kier alpha value is -2.05. The van der Waals surface area contributed by atoms with E-state index in [4.69, 9.17) is 11.6 Å². The molecule has 4 heteroatoms. The van der Waals surface area contributed by atoms with Gasteiger partial charge in [-0.05, 0) is 48.9 Å². The van der Waals surface area contributed by atoms with Crippen LogP contribution >= 0.6 is 11.6 Å². The fraction of sp³-hybridized carbons (Fsp3) is 0.294. The van der Waals surface area contributed by atoms with Gasteiger partial charge < -0.3 is 0 Å². The summed E-state index contributed by atoms with van der Waals surface area (Å²) in [5.74, 6) is 0. The SMILES string of the molecule is N#Cc1c2c(c(Cl)n3c1nc1ccccc13)CCCCC2. The molecular weight excluding hydrogens is 282 g/mol. The normalized spacial score (nSPS) is 14.9. The van der Waals surface area contributed by atoms with Crippen molar-refractivity contribution in [3.05, 3.63) is 46.1 Å². The summed E-state index contributed by atoms with van der Waals surface area (Å²) in [4.78, 5) is 4.64. The minimum atomic E-state index is 0.698. The monoisotopic (exact) mass is 295 g/mol. The number of hydrogen-bond acceptors (Lipinski definition) is 2. The van der Waals surface area contributed by atoms with E-state index in [1.54, 1.807) is 0 Å². The molecule has 1 aliphatic carbocycles. The van der Waals surface area contributed by atoms with Crippen molar-refractivity contribution in [3.8, 4) is 6.07 Å². The maximum Gasteiger partial charge on any atom is 0.157 e. The average Bonchev–Trinajstić information content (AvgIpc) is 2.71. The van der Waals surface area contributed by atoms with Crippen molar-refractivity contribution < 1.29 is 0 Å². The maximum atomic E-state index is 9.65. The van der Waals surface area contributed by atoms with E-state index in [9.17, 15) is 5.26 Å². The summed E-state index contributed by atoms with van der Waals surface area (Å²) in [5, 5.41) is 10.4. The summed E-state index contributed by atoms with van der Waals surface area (Å²) in [7, 11) is 0. The Labute approximate surface area is 127 Å². The summed E-state index contributed by atoms with van der Waals surface area (Å²) in [6, 6.07) is 10.3. The number of pyridine rings is 1. The van der Waals surface area contributed by atoms with Crippen LogP contribution in [0.3, 0.4) is 0 Å². The zero-order valence-corrected chi connectivity index (χ0v) is 12.3. The third-order valence-corrected chi connectivity index (χ3v) is 4.76. The second kappa shape index (κ2) is 4.75. The Morgan fingerprint density at radius 3 is 2.67 bits per heavy atom. The molecule has 0 radical (unpaired) electrons. The van der Waals surface area contributed by atoms with E-state index >= 15 is 0 Å². The van der Waals surface area contributed by atoms with Crippen molar-refractivity contribution in [1.82, 2.24) is 9.38 Å². The quantitative estimate of drug-likeness (QED) is 0.459. The van der Waals surface area contributed by atoms with Crippen LogP contribution in [0.4, 0.5) is 0 Å². The first-order chi connectivity index (χ1) is 10.3. The molecule has 0 fully saturated rings. The molecule has 0 unspecified atom stereocenters. The van der Waals surface area contributed by atoms with Gasteiger partial charge in [0, 0.05) is 0 Å². The second-order valence-corrected chi connectivity index (χ2v) is 5.91. The molecule has 2 aromatic heterocycles. The van der Waals surface area contributed by atoms with Gasteiger partial charge >= 0.3 is 0 Å². The van der Waals surface area contributed by atoms with Gasteiger partial charge in [-0.15, -0.1) is 0 Å². The highest BCUT2D eigenvalue weighted by atomic mass is 35.5. The smallest absolute Gasteiger partial charge is 0.157 e. The molecule has 21 heavy (non-hydrogen) atoms. The highest BCUT2D eigenvalue weighted by molar-refractivity contribution is 6.31. The van der Waals surface area contributed by atoms with Crippen LogP contribution in [0, 0.1) is 11.3 Å². The van der Waals surface area contributed by atoms with Crippen LogP contribution in [0.15, 0.2) is 24.3 Å². The van der Waals surface area contributed by atoms with E-state index in [2.05, 4.69) is 11.1 Å². The van der Waals surface area contributed by atoms with Crippen molar-refractivity contribution in [3.63, 3.8) is 0 Å². The Bertz CT molecular complexity index is 902. The molecule has 1 aliphatic rings. The van der Waals surface area contributed by atoms with Gasteiger partial charge in [0.2, 0.25) is 0 Å². The topological polar surface area (TPSA) is 41.1 Å². The molecular formula is C17H14ClN3. The van der Waals surface area contributed by atoms with Crippen molar-refractivity contribution in [2.75, 3.05) is 0 Å². The number of rotatable bonds is 0. The van der Waals surface area contributed by atoms with E-state index in [-0.39, 0.29) is 0 Å². The molecule has 3 aromatic rings. The van der Waals surface area contributed by atoms with Gasteiger partial charge in [-0.25, -0.2) is 4.98 Å². The van der Waals surface area contributed by atoms with Gasteiger partial charge in [0.15, 0.2) is 5.65 Å². The van der Waals surface area contributed by atoms with Gasteiger partial charge in [-0.3, -0.25) is 4.40 Å². The fourth-order valence-corrected chi connectivity index (χ4v) is 3.75. The lowest BCUT2D eigenvalue weighted by Gasteiger charge is -2.13. The van der Waals surface area contributed by atoms with Crippen LogP contribution in [0.5, 0.6) is 0 Å². The van der Waals surface area contributed by atoms with E-state index in [1.807, 2.05) is 28.7 Å². The number of nitrogens with zero attached hydrogens (tertiary/aromatic N) is 3. The predicted molar refractivity (Wildman–Crippen MR) is 83.7 cm³/mol. The molecule has 2 heterocycles. The zero-order chi connectivity index (χ0) is 14.4. The molecule has 1 aromatic carbocycles. The molecule has 3 nitrogen and oxygen atoms in total. The van der Waals surface area contributed by atoms with Crippen LogP contribution < -0.4 is 0 Å². The Morgan fingerprint density at radius 2 is 1.86 bits per heavy atom. The molecule has 0 bridgehead atoms. The molecule has 0 aliphatic heterocycles. The summed E-state index contributed by atoms with van der Waals surface area (Å²) >= 11 is 6.69. The first kappa shape index (κ1) is 12.7. The van der Waals surface area contributed by atoms with Crippen LogP contribution in [0.1, 0.15) is 36.0 Å². The lowest BCUT2D eigenvalue weighted by Crippen LogP contribution is -2.04. The number of fused-ring (bicyclic) bond motifs is 4. The molecule has 4 rings (SSSR count). The number of hydrogen-bond donors (Lipinski definition) is 0. The lowest BCUT2D eigenvalue weighted by molar-refractivity contribution is 0.711. The first-order valence-electron chi connectivity index (χ1n) is 7.32. The van der Waals surface area contributed by atoms with Gasteiger partial charge in [-0.2, -0.15) is 5.26 Å². The Morgan fingerprint density at radius 1 is 1.10 bits per heavy atom. The molecule has 0 saturated carbocycles. The van der Waals surface area contributed by atoms with Crippen molar-refractivity contribution in [1.29, 1.82) is 5.26 Å². The Kier molecular flexibility index (Phi) is 2.87. The number of para-hydroxylation sites is 2. The summed E-state index contributed by atoms with van der Waals surface area (Å²) in [6.45, 7) is 0. The van der Waals surface area contributed by atoms with E-state index in [0.29, 0.717) is 11.2 Å². The minimum absolute atomic E-state index is 0.698. The summed E-state index contributed by atoms with van der Waals surface area (Å²) < 4.78 is 1.94. The van der Waals surface area contributed by atoms with Crippen LogP contribution in [-0.4, -0.2) is 9.38 Å². The molecule has 0 amide bonds. The van der Waals surface area contributed by atoms with Gasteiger partial charge in [0.1, 0.15) is 11.2 Å². The third-order valence-electron chi connectivity index (χ3n) is 4.36.